The van der Waals surface area contributed by atoms with E-state index < -0.39 is 12.1 Å². The number of amides is 2. The van der Waals surface area contributed by atoms with Gasteiger partial charge in [0.2, 0.25) is 5.91 Å². The van der Waals surface area contributed by atoms with Crippen molar-refractivity contribution in [2.24, 2.45) is 0 Å². The van der Waals surface area contributed by atoms with Crippen LogP contribution in [0.2, 0.25) is 0 Å². The molecule has 0 aromatic heterocycles. The molecule has 23 heavy (non-hydrogen) atoms. The number of benzene rings is 1. The van der Waals surface area contributed by atoms with Crippen molar-refractivity contribution in [3.8, 4) is 0 Å². The quantitative estimate of drug-likeness (QED) is 0.926. The maximum atomic E-state index is 12.7. The van der Waals surface area contributed by atoms with E-state index in [1.54, 1.807) is 11.9 Å². The summed E-state index contributed by atoms with van der Waals surface area (Å²) >= 11 is 0. The molecule has 2 amide bonds. The van der Waals surface area contributed by atoms with Crippen LogP contribution in [0.15, 0.2) is 24.3 Å². The van der Waals surface area contributed by atoms with Crippen LogP contribution in [-0.4, -0.2) is 42.0 Å². The Morgan fingerprint density at radius 3 is 2.65 bits per heavy atom. The summed E-state index contributed by atoms with van der Waals surface area (Å²) in [6, 6.07) is 7.38. The van der Waals surface area contributed by atoms with Crippen molar-refractivity contribution >= 4 is 11.8 Å². The summed E-state index contributed by atoms with van der Waals surface area (Å²) in [5.74, 6) is -0.290. The minimum absolute atomic E-state index is 0.0660. The monoisotopic (exact) mass is 318 g/mol. The lowest BCUT2D eigenvalue weighted by atomic mass is 9.93. The topological polar surface area (TPSA) is 58.6 Å². The minimum Gasteiger partial charge on any atom is -0.356 e. The van der Waals surface area contributed by atoms with Gasteiger partial charge in [-0.3, -0.25) is 9.59 Å². The van der Waals surface area contributed by atoms with E-state index in [0.29, 0.717) is 0 Å². The Morgan fingerprint density at radius 1 is 1.39 bits per heavy atom. The molecular formula is C18H26N2O3. The zero-order chi connectivity index (χ0) is 17.2. The molecule has 126 valence electrons. The van der Waals surface area contributed by atoms with Crippen molar-refractivity contribution in [1.29, 1.82) is 0 Å². The first kappa shape index (κ1) is 17.5. The van der Waals surface area contributed by atoms with Crippen molar-refractivity contribution in [3.05, 3.63) is 35.4 Å². The standard InChI is InChI=1S/C18H26N2O3/c1-6-18(3,4)19-17(22)16-15(20(5)14(21)11-23-16)13-10-8-7-9-12(13)2/h7-10,15-16H,6,11H2,1-5H3,(H,19,22). The molecule has 0 saturated carbocycles. The third kappa shape index (κ3) is 3.72. The molecule has 5 heteroatoms. The summed E-state index contributed by atoms with van der Waals surface area (Å²) in [7, 11) is 1.73. The Hall–Kier alpha value is -1.88. The van der Waals surface area contributed by atoms with Crippen molar-refractivity contribution in [2.45, 2.75) is 51.8 Å². The van der Waals surface area contributed by atoms with Gasteiger partial charge in [-0.05, 0) is 38.3 Å². The number of ether oxygens (including phenoxy) is 1. The zero-order valence-corrected chi connectivity index (χ0v) is 14.6. The van der Waals surface area contributed by atoms with Crippen LogP contribution in [0.5, 0.6) is 0 Å². The number of morpholine rings is 1. The minimum atomic E-state index is -0.704. The maximum Gasteiger partial charge on any atom is 0.252 e. The number of nitrogens with one attached hydrogen (secondary N) is 1. The molecule has 1 aliphatic rings. The van der Waals surface area contributed by atoms with Gasteiger partial charge in [-0.1, -0.05) is 31.2 Å². The average Bonchev–Trinajstić information content (AvgIpc) is 2.50. The highest BCUT2D eigenvalue weighted by atomic mass is 16.5. The molecule has 1 aliphatic heterocycles. The predicted octanol–water partition coefficient (Wildman–Crippen LogP) is 2.20. The Labute approximate surface area is 138 Å². The molecule has 2 atom stereocenters. The molecule has 1 saturated heterocycles. The number of aryl methyl sites for hydroxylation is 1. The Balaban J connectivity index is 2.34. The Morgan fingerprint density at radius 2 is 2.04 bits per heavy atom. The molecule has 1 aromatic rings. The summed E-state index contributed by atoms with van der Waals surface area (Å²) in [5, 5.41) is 3.03. The third-order valence-corrected chi connectivity index (χ3v) is 4.59. The van der Waals surface area contributed by atoms with Gasteiger partial charge >= 0.3 is 0 Å². The van der Waals surface area contributed by atoms with Crippen LogP contribution in [0.1, 0.15) is 44.4 Å². The highest BCUT2D eigenvalue weighted by Crippen LogP contribution is 2.31. The highest BCUT2D eigenvalue weighted by molar-refractivity contribution is 5.86. The smallest absolute Gasteiger partial charge is 0.252 e. The number of rotatable bonds is 4. The number of carbonyl (C=O) groups excluding carboxylic acids is 2. The van der Waals surface area contributed by atoms with Crippen LogP contribution in [0.3, 0.4) is 0 Å². The molecule has 1 N–H and O–H groups in total. The van der Waals surface area contributed by atoms with Gasteiger partial charge in [-0.25, -0.2) is 0 Å². The third-order valence-electron chi connectivity index (χ3n) is 4.59. The second kappa shape index (κ2) is 6.71. The molecule has 0 radical (unpaired) electrons. The molecule has 2 unspecified atom stereocenters. The predicted molar refractivity (Wildman–Crippen MR) is 88.9 cm³/mol. The fraction of sp³-hybridized carbons (Fsp3) is 0.556. The van der Waals surface area contributed by atoms with Gasteiger partial charge in [0, 0.05) is 12.6 Å². The van der Waals surface area contributed by atoms with E-state index in [1.807, 2.05) is 52.0 Å². The van der Waals surface area contributed by atoms with Gasteiger partial charge in [-0.2, -0.15) is 0 Å². The normalized spacial score (nSPS) is 22.1. The summed E-state index contributed by atoms with van der Waals surface area (Å²) in [6.07, 6.45) is 0.111. The molecule has 0 aliphatic carbocycles. The summed E-state index contributed by atoms with van der Waals surface area (Å²) in [5.41, 5.74) is 1.67. The first-order valence-corrected chi connectivity index (χ1v) is 8.01. The van der Waals surface area contributed by atoms with E-state index in [4.69, 9.17) is 4.74 Å². The van der Waals surface area contributed by atoms with Gasteiger partial charge in [0.1, 0.15) is 6.61 Å². The van der Waals surface area contributed by atoms with Crippen molar-refractivity contribution in [1.82, 2.24) is 10.2 Å². The van der Waals surface area contributed by atoms with Gasteiger partial charge in [0.15, 0.2) is 6.10 Å². The van der Waals surface area contributed by atoms with E-state index in [9.17, 15) is 9.59 Å². The van der Waals surface area contributed by atoms with Crippen LogP contribution in [-0.2, 0) is 14.3 Å². The van der Waals surface area contributed by atoms with Crippen LogP contribution in [0, 0.1) is 6.92 Å². The fourth-order valence-corrected chi connectivity index (χ4v) is 2.71. The molecule has 1 aromatic carbocycles. The molecular weight excluding hydrogens is 292 g/mol. The van der Waals surface area contributed by atoms with E-state index >= 15 is 0 Å². The van der Waals surface area contributed by atoms with E-state index in [0.717, 1.165) is 17.5 Å². The lowest BCUT2D eigenvalue weighted by Gasteiger charge is -2.40. The number of nitrogens with zero attached hydrogens (tertiary/aromatic N) is 1. The van der Waals surface area contributed by atoms with Gasteiger partial charge in [-0.15, -0.1) is 0 Å². The number of hydrogen-bond acceptors (Lipinski definition) is 3. The second-order valence-corrected chi connectivity index (χ2v) is 6.76. The van der Waals surface area contributed by atoms with Crippen molar-refractivity contribution in [3.63, 3.8) is 0 Å². The average molecular weight is 318 g/mol. The van der Waals surface area contributed by atoms with E-state index in [2.05, 4.69) is 5.32 Å². The fourth-order valence-electron chi connectivity index (χ4n) is 2.71. The van der Waals surface area contributed by atoms with Crippen LogP contribution in [0.25, 0.3) is 0 Å². The molecule has 0 bridgehead atoms. The second-order valence-electron chi connectivity index (χ2n) is 6.76. The maximum absolute atomic E-state index is 12.7. The lowest BCUT2D eigenvalue weighted by Crippen LogP contribution is -2.56. The Bertz CT molecular complexity index is 598. The highest BCUT2D eigenvalue weighted by Gasteiger charge is 2.41. The number of carbonyl (C=O) groups is 2. The number of hydrogen-bond donors (Lipinski definition) is 1. The first-order valence-electron chi connectivity index (χ1n) is 8.01. The molecule has 2 rings (SSSR count). The zero-order valence-electron chi connectivity index (χ0n) is 14.6. The van der Waals surface area contributed by atoms with Gasteiger partial charge in [0.05, 0.1) is 6.04 Å². The van der Waals surface area contributed by atoms with Crippen LogP contribution < -0.4 is 5.32 Å². The number of likely N-dealkylation sites (N-methyl/N-ethyl adjacent to an activating group) is 1. The van der Waals surface area contributed by atoms with Crippen molar-refractivity contribution in [2.75, 3.05) is 13.7 Å². The SMILES string of the molecule is CCC(C)(C)NC(=O)C1OCC(=O)N(C)C1c1ccccc1C. The molecule has 1 heterocycles. The summed E-state index contributed by atoms with van der Waals surface area (Å²) < 4.78 is 5.63. The lowest BCUT2D eigenvalue weighted by molar-refractivity contribution is -0.162. The molecule has 1 fully saturated rings. The largest absolute Gasteiger partial charge is 0.356 e. The van der Waals surface area contributed by atoms with E-state index in [-0.39, 0.29) is 24.0 Å². The van der Waals surface area contributed by atoms with Crippen LogP contribution in [0.4, 0.5) is 0 Å². The Kier molecular flexibility index (Phi) is 5.09. The summed E-state index contributed by atoms with van der Waals surface area (Å²) in [6.45, 7) is 7.89. The van der Waals surface area contributed by atoms with Gasteiger partial charge < -0.3 is 15.0 Å². The first-order chi connectivity index (χ1) is 10.8. The summed E-state index contributed by atoms with van der Waals surface area (Å²) in [4.78, 5) is 26.4. The molecule has 0 spiro atoms. The van der Waals surface area contributed by atoms with Crippen molar-refractivity contribution < 1.29 is 14.3 Å². The molecule has 5 nitrogen and oxygen atoms in total. The van der Waals surface area contributed by atoms with Gasteiger partial charge in [0.25, 0.3) is 5.91 Å². The van der Waals surface area contributed by atoms with E-state index in [1.165, 1.54) is 0 Å². The van der Waals surface area contributed by atoms with Crippen LogP contribution >= 0.6 is 0 Å².